The van der Waals surface area contributed by atoms with Gasteiger partial charge in [-0.15, -0.1) is 126 Å². The number of aryl methyl sites for hydroxylation is 7. The fraction of sp³-hybridized carbons (Fsp3) is 0.198. The Morgan fingerprint density at radius 2 is 0.901 bits per heavy atom. The third-order valence-corrected chi connectivity index (χ3v) is 14.3. The van der Waals surface area contributed by atoms with Gasteiger partial charge >= 0.3 is 15.6 Å². The van der Waals surface area contributed by atoms with Crippen LogP contribution in [-0.2, 0) is 50.3 Å². The molecule has 2 atom stereocenters. The minimum atomic E-state index is -5.84. The molecule has 0 spiro atoms. The zero-order chi connectivity index (χ0) is 91.3. The van der Waals surface area contributed by atoms with Crippen molar-refractivity contribution < 1.29 is 117 Å². The Kier molecular flexibility index (Phi) is 20.7. The second kappa shape index (κ2) is 39.0. The second-order valence-electron chi connectivity index (χ2n) is 20.7. The molecule has 14 nitrogen and oxygen atoms in total. The smallest absolute Gasteiger partial charge is 0.486 e. The molecule has 9 aromatic heterocycles. The van der Waals surface area contributed by atoms with Gasteiger partial charge in [0, 0.05) is 150 Å². The number of benzene rings is 5. The Bertz CT molecular complexity index is 5860. The first-order valence-electron chi connectivity index (χ1n) is 40.8. The molecule has 0 fully saturated rings. The molecule has 101 heavy (non-hydrogen) atoms. The number of furan rings is 2. The van der Waals surface area contributed by atoms with E-state index in [1.165, 1.54) is 49.3 Å². The summed E-state index contributed by atoms with van der Waals surface area (Å²) >= 11 is 0. The molecule has 2 unspecified atom stereocenters. The molecule has 14 aromatic rings. The minimum Gasteiger partial charge on any atom is -0.486 e. The number of alkyl halides is 3. The van der Waals surface area contributed by atoms with Crippen LogP contribution in [0.25, 0.3) is 100 Å². The number of hydrogen-bond acceptors (Lipinski definition) is 13. The van der Waals surface area contributed by atoms with Crippen molar-refractivity contribution in [2.24, 2.45) is 0 Å². The van der Waals surface area contributed by atoms with Gasteiger partial charge in [0.25, 0.3) is 0 Å². The molecule has 20 heteroatoms. The summed E-state index contributed by atoms with van der Waals surface area (Å²) in [5.41, 5.74) is 4.17. The van der Waals surface area contributed by atoms with Crippen LogP contribution in [0.3, 0.4) is 0 Å². The predicted molar refractivity (Wildman–Crippen MR) is 389 cm³/mol. The zero-order valence-corrected chi connectivity index (χ0v) is 60.1. The quantitative estimate of drug-likeness (QED) is 0.0770. The van der Waals surface area contributed by atoms with Crippen molar-refractivity contribution in [3.63, 3.8) is 0 Å². The SMILES string of the molecule is CO.CO.Cc1ccc(-c2[c-]cccc2)nc1.O=S(=O)(O)C(F)(F)F.[2H]C([2H])([2H])c1ccc(-c2[c-]cccc2)nc1.[2H]C([2H])([2H])c1ccc(-c2[c-]cccc2)nc1.[2H]C([2H])([2H])c1ccc2c(n1)oc1c(-c3cc(C([2H])(C)C([2H])([2H])[2H])c(C([2H])([2H])[2H])cn3)cccc12.[2H]C([2H])([2H])c1ccc2c(n1)oc1c(-c3cc(C([2H])(C)C([2H])([2H])[2H])c(C)cn3)[c-]ccc12.[Ir].[Ir]. The third-order valence-electron chi connectivity index (χ3n) is 13.7. The van der Waals surface area contributed by atoms with Crippen LogP contribution in [0.1, 0.15) is 121 Å². The van der Waals surface area contributed by atoms with Gasteiger partial charge in [-0.3, -0.25) is 9.54 Å². The van der Waals surface area contributed by atoms with Gasteiger partial charge in [-0.05, 0) is 158 Å². The minimum absolute atomic E-state index is 0. The van der Waals surface area contributed by atoms with Gasteiger partial charge in [0.2, 0.25) is 11.4 Å². The summed E-state index contributed by atoms with van der Waals surface area (Å²) in [6.45, 7) is -10.7. The van der Waals surface area contributed by atoms with Crippen LogP contribution >= 0.6 is 0 Å². The zero-order valence-electron chi connectivity index (χ0n) is 77.4. The van der Waals surface area contributed by atoms with Gasteiger partial charge in [-0.1, -0.05) is 93.1 Å². The molecular weight excluding hydrogens is 1660 g/mol. The van der Waals surface area contributed by atoms with Gasteiger partial charge in [0.1, 0.15) is 5.58 Å². The number of rotatable bonds is 7. The first-order valence-corrected chi connectivity index (χ1v) is 30.8. The molecule has 528 valence electrons. The van der Waals surface area contributed by atoms with Crippen LogP contribution < -0.4 is 0 Å². The summed E-state index contributed by atoms with van der Waals surface area (Å²) in [5.74, 6) is -4.04. The second-order valence-corrected chi connectivity index (χ2v) is 22.1. The van der Waals surface area contributed by atoms with Gasteiger partial charge < -0.3 is 39.0 Å². The van der Waals surface area contributed by atoms with Gasteiger partial charge in [-0.2, -0.15) is 21.6 Å². The molecule has 9 heterocycles. The molecule has 0 aliphatic heterocycles. The monoisotopic (exact) mass is 1760 g/mol. The molecule has 3 N–H and O–H groups in total. The number of nitrogens with zero attached hydrogens (tertiary/aromatic N) is 7. The first kappa shape index (κ1) is 53.5. The average Bonchev–Trinajstić information content (AvgIpc) is 1.48. The fourth-order valence-corrected chi connectivity index (χ4v) is 9.06. The van der Waals surface area contributed by atoms with Crippen LogP contribution in [0, 0.1) is 72.4 Å². The Morgan fingerprint density at radius 1 is 0.465 bits per heavy atom. The van der Waals surface area contributed by atoms with E-state index < -0.39 is 75.4 Å². The van der Waals surface area contributed by atoms with Crippen molar-refractivity contribution >= 4 is 54.3 Å². The average molecular weight is 1760 g/mol. The van der Waals surface area contributed by atoms with Gasteiger partial charge in [0.05, 0.1) is 11.3 Å². The van der Waals surface area contributed by atoms with E-state index in [9.17, 15) is 13.2 Å². The molecule has 5 aromatic carbocycles. The number of para-hydroxylation sites is 1. The molecule has 0 aliphatic rings. The largest absolute Gasteiger partial charge is 0.522 e. The molecule has 14 rings (SSSR count). The van der Waals surface area contributed by atoms with Gasteiger partial charge in [0.15, 0.2) is 0 Å². The molecule has 0 bridgehead atoms. The maximum absolute atomic E-state index is 10.7. The predicted octanol–water partition coefficient (Wildman–Crippen LogP) is 19.5. The Hall–Kier alpha value is -9.33. The molecule has 2 radical (unpaired) electrons. The number of aromatic nitrogens is 7. The maximum Gasteiger partial charge on any atom is 0.522 e. The van der Waals surface area contributed by atoms with Crippen LogP contribution in [0.2, 0.25) is 0 Å². The molecule has 0 aliphatic carbocycles. The van der Waals surface area contributed by atoms with Crippen molar-refractivity contribution in [1.82, 2.24) is 34.9 Å². The standard InChI is InChI=1S/C21H20N2O.C21H19N2O.3C12H10N.CHF3O3S.2CH4O.2Ir/c2*1-12(2)18-10-19(22-11-13(18)3)17-7-5-6-15-16-9-8-14(4)23-21(16)24-20(15)17;3*1-10-7-8-12(13-9-10)11-5-3-2-4-6-11;2-1(3,4)8(5,6)7;2*1-2;;/h5-12H,1-4H3;5-6,8-12H,1-4H3;3*2-5,7-9H,1H3;(H,5,6,7);2*2H,1H3;;/q;4*-1;;;;;/i1D3,3D3,4D3,12D;1D3,4D3,12D;2*1D3;;;;;;. The van der Waals surface area contributed by atoms with Crippen LogP contribution in [0.15, 0.2) is 216 Å². The topological polar surface area (TPSA) is 211 Å². The summed E-state index contributed by atoms with van der Waals surface area (Å²) < 4.78 is 245. The summed E-state index contributed by atoms with van der Waals surface area (Å²) in [4.78, 5) is 29.5. The van der Waals surface area contributed by atoms with Crippen molar-refractivity contribution in [2.45, 2.75) is 93.0 Å². The van der Waals surface area contributed by atoms with E-state index in [1.807, 2.05) is 79.9 Å². The van der Waals surface area contributed by atoms with Gasteiger partial charge in [-0.25, -0.2) is 9.97 Å². The number of pyridine rings is 7. The Morgan fingerprint density at radius 3 is 1.33 bits per heavy atom. The van der Waals surface area contributed by atoms with E-state index in [1.54, 1.807) is 91.9 Å². The molecular formula is C81H78F3Ir2N7O7S-4. The molecule has 0 saturated carbocycles. The number of aliphatic hydroxyl groups excluding tert-OH is 2. The summed E-state index contributed by atoms with van der Waals surface area (Å²) in [6.07, 6.45) is 7.26. The van der Waals surface area contributed by atoms with E-state index in [4.69, 9.17) is 63.5 Å². The van der Waals surface area contributed by atoms with Crippen molar-refractivity contribution in [3.05, 3.63) is 282 Å². The van der Waals surface area contributed by atoms with E-state index in [0.29, 0.717) is 60.7 Å². The van der Waals surface area contributed by atoms with E-state index >= 15 is 0 Å². The summed E-state index contributed by atoms with van der Waals surface area (Å²) in [7, 11) is -3.84. The number of hydrogen-bond donors (Lipinski definition) is 3. The first-order chi connectivity index (χ1) is 56.6. The van der Waals surface area contributed by atoms with Crippen LogP contribution in [0.5, 0.6) is 0 Å². The molecule has 0 saturated heterocycles. The van der Waals surface area contributed by atoms with Crippen molar-refractivity contribution in [1.29, 1.82) is 0 Å². The molecule has 0 amide bonds. The third kappa shape index (κ3) is 22.6. The van der Waals surface area contributed by atoms with E-state index in [2.05, 4.69) is 65.2 Å². The number of fused-ring (bicyclic) bond motifs is 6. The normalized spacial score (nSPS) is 16.0. The number of aliphatic hydroxyl groups is 2. The Labute approximate surface area is 648 Å². The van der Waals surface area contributed by atoms with Crippen molar-refractivity contribution in [3.8, 4) is 56.3 Å². The summed E-state index contributed by atoms with van der Waals surface area (Å²) in [6, 6.07) is 63.3. The fourth-order valence-electron chi connectivity index (χ4n) is 9.06. The number of halogens is 3. The van der Waals surface area contributed by atoms with Crippen LogP contribution in [-0.4, -0.2) is 77.8 Å². The Balaban J connectivity index is 0.000000276. The summed E-state index contributed by atoms with van der Waals surface area (Å²) in [5, 5.41) is 16.6. The van der Waals surface area contributed by atoms with E-state index in [0.717, 1.165) is 61.1 Å². The van der Waals surface area contributed by atoms with Crippen molar-refractivity contribution in [2.75, 3.05) is 14.2 Å². The van der Waals surface area contributed by atoms with Crippen LogP contribution in [0.4, 0.5) is 13.2 Å². The maximum atomic E-state index is 10.7. The van der Waals surface area contributed by atoms with E-state index in [-0.39, 0.29) is 91.0 Å².